The third-order valence-corrected chi connectivity index (χ3v) is 4.87. The molecule has 0 saturated heterocycles. The lowest BCUT2D eigenvalue weighted by Gasteiger charge is -2.18. The molecule has 3 rings (SSSR count). The fourth-order valence-electron chi connectivity index (χ4n) is 3.10. The van der Waals surface area contributed by atoms with Gasteiger partial charge in [0.25, 0.3) is 5.91 Å². The highest BCUT2D eigenvalue weighted by Crippen LogP contribution is 2.18. The van der Waals surface area contributed by atoms with Crippen LogP contribution in [0.4, 0.5) is 0 Å². The number of nitrogens with zero attached hydrogens (tertiary/aromatic N) is 2. The second kappa shape index (κ2) is 10.4. The predicted molar refractivity (Wildman–Crippen MR) is 114 cm³/mol. The molecule has 0 saturated carbocycles. The van der Waals surface area contributed by atoms with Gasteiger partial charge in [0.05, 0.1) is 0 Å². The average Bonchev–Trinajstić information content (AvgIpc) is 3.15. The molecule has 1 N–H and O–H groups in total. The Labute approximate surface area is 179 Å². The Hall–Kier alpha value is -3.68. The largest absolute Gasteiger partial charge is 0.451 e. The second-order valence-electron chi connectivity index (χ2n) is 7.09. The molecule has 2 aromatic carbocycles. The molecule has 0 radical (unpaired) electrons. The third kappa shape index (κ3) is 5.91. The Morgan fingerprint density at radius 1 is 1.10 bits per heavy atom. The molecule has 31 heavy (non-hydrogen) atoms. The minimum Gasteiger partial charge on any atom is -0.451 e. The van der Waals surface area contributed by atoms with E-state index in [1.54, 1.807) is 24.3 Å². The SMILES string of the molecule is CC[C@H](CNC(=O)[C@@H](C)OC(=O)Cn1nc(-c2ccccc2)oc1=O)c1ccccc1. The van der Waals surface area contributed by atoms with Crippen molar-refractivity contribution in [3.63, 3.8) is 0 Å². The van der Waals surface area contributed by atoms with Crippen LogP contribution in [0.3, 0.4) is 0 Å². The summed E-state index contributed by atoms with van der Waals surface area (Å²) >= 11 is 0. The molecule has 0 aliphatic heterocycles. The lowest BCUT2D eigenvalue weighted by atomic mass is 9.96. The molecule has 8 nitrogen and oxygen atoms in total. The molecule has 1 amide bonds. The summed E-state index contributed by atoms with van der Waals surface area (Å²) in [4.78, 5) is 36.5. The van der Waals surface area contributed by atoms with Crippen LogP contribution in [-0.4, -0.2) is 34.3 Å². The fourth-order valence-corrected chi connectivity index (χ4v) is 3.10. The van der Waals surface area contributed by atoms with Gasteiger partial charge in [-0.1, -0.05) is 55.5 Å². The highest BCUT2D eigenvalue weighted by Gasteiger charge is 2.21. The lowest BCUT2D eigenvalue weighted by Crippen LogP contribution is -2.38. The minimum atomic E-state index is -1.00. The molecular formula is C23H25N3O5. The molecular weight excluding hydrogens is 398 g/mol. The van der Waals surface area contributed by atoms with E-state index < -0.39 is 30.3 Å². The van der Waals surface area contributed by atoms with E-state index >= 15 is 0 Å². The normalized spacial score (nSPS) is 12.7. The number of rotatable bonds is 9. The zero-order chi connectivity index (χ0) is 22.2. The predicted octanol–water partition coefficient (Wildman–Crippen LogP) is 2.75. The number of nitrogens with one attached hydrogen (secondary N) is 1. The van der Waals surface area contributed by atoms with Gasteiger partial charge < -0.3 is 14.5 Å². The van der Waals surface area contributed by atoms with Crippen LogP contribution < -0.4 is 11.1 Å². The molecule has 0 fully saturated rings. The maximum atomic E-state index is 12.3. The van der Waals surface area contributed by atoms with Crippen LogP contribution in [0.25, 0.3) is 11.5 Å². The molecule has 2 atom stereocenters. The summed E-state index contributed by atoms with van der Waals surface area (Å²) in [6, 6.07) is 18.8. The van der Waals surface area contributed by atoms with Crippen LogP contribution >= 0.6 is 0 Å². The van der Waals surface area contributed by atoms with Crippen molar-refractivity contribution in [2.45, 2.75) is 38.8 Å². The number of amides is 1. The van der Waals surface area contributed by atoms with Gasteiger partial charge in [0.15, 0.2) is 6.10 Å². The van der Waals surface area contributed by atoms with Crippen molar-refractivity contribution in [1.29, 1.82) is 0 Å². The number of benzene rings is 2. The van der Waals surface area contributed by atoms with Crippen LogP contribution in [0.1, 0.15) is 31.7 Å². The molecule has 3 aromatic rings. The van der Waals surface area contributed by atoms with Gasteiger partial charge in [-0.2, -0.15) is 4.68 Å². The molecule has 8 heteroatoms. The zero-order valence-electron chi connectivity index (χ0n) is 17.5. The zero-order valence-corrected chi connectivity index (χ0v) is 17.5. The first-order valence-electron chi connectivity index (χ1n) is 10.1. The molecule has 162 valence electrons. The monoisotopic (exact) mass is 423 g/mol. The summed E-state index contributed by atoms with van der Waals surface area (Å²) in [6.07, 6.45) is -0.144. The maximum Gasteiger partial charge on any atom is 0.437 e. The molecule has 0 bridgehead atoms. The number of hydrogen-bond acceptors (Lipinski definition) is 6. The standard InChI is InChI=1S/C23H25N3O5/c1-3-17(18-10-6-4-7-11-18)14-24-21(28)16(2)30-20(27)15-26-23(29)31-22(25-26)19-12-8-5-9-13-19/h4-13,16-17H,3,14-15H2,1-2H3,(H,24,28)/t16-,17-/m1/s1. The molecule has 0 unspecified atom stereocenters. The van der Waals surface area contributed by atoms with Gasteiger partial charge in [0, 0.05) is 18.0 Å². The number of ether oxygens (including phenoxy) is 1. The van der Waals surface area contributed by atoms with E-state index in [4.69, 9.17) is 9.15 Å². The van der Waals surface area contributed by atoms with E-state index in [1.807, 2.05) is 43.3 Å². The van der Waals surface area contributed by atoms with Crippen molar-refractivity contribution >= 4 is 11.9 Å². The van der Waals surface area contributed by atoms with Crippen molar-refractivity contribution in [2.24, 2.45) is 0 Å². The van der Waals surface area contributed by atoms with Crippen molar-refractivity contribution in [3.05, 3.63) is 76.8 Å². The van der Waals surface area contributed by atoms with Crippen LogP contribution in [-0.2, 0) is 20.9 Å². The van der Waals surface area contributed by atoms with Gasteiger partial charge in [0.1, 0.15) is 6.54 Å². The highest BCUT2D eigenvalue weighted by atomic mass is 16.5. The van der Waals surface area contributed by atoms with E-state index in [-0.39, 0.29) is 11.8 Å². The van der Waals surface area contributed by atoms with Gasteiger partial charge >= 0.3 is 11.7 Å². The van der Waals surface area contributed by atoms with Gasteiger partial charge in [-0.25, -0.2) is 4.79 Å². The number of carbonyl (C=O) groups excluding carboxylic acids is 2. The Morgan fingerprint density at radius 3 is 2.39 bits per heavy atom. The Kier molecular flexibility index (Phi) is 7.37. The van der Waals surface area contributed by atoms with Crippen molar-refractivity contribution in [1.82, 2.24) is 15.1 Å². The molecule has 0 spiro atoms. The van der Waals surface area contributed by atoms with Gasteiger partial charge in [0.2, 0.25) is 5.89 Å². The molecule has 0 aliphatic rings. The Morgan fingerprint density at radius 2 is 1.74 bits per heavy atom. The number of esters is 1. The van der Waals surface area contributed by atoms with Crippen LogP contribution in [0.15, 0.2) is 69.9 Å². The minimum absolute atomic E-state index is 0.107. The smallest absolute Gasteiger partial charge is 0.437 e. The topological polar surface area (TPSA) is 103 Å². The first-order valence-corrected chi connectivity index (χ1v) is 10.1. The van der Waals surface area contributed by atoms with E-state index in [0.717, 1.165) is 16.7 Å². The lowest BCUT2D eigenvalue weighted by molar-refractivity contribution is -0.155. The summed E-state index contributed by atoms with van der Waals surface area (Å²) in [7, 11) is 0. The number of carbonyl (C=O) groups is 2. The van der Waals surface area contributed by atoms with Crippen molar-refractivity contribution in [3.8, 4) is 11.5 Å². The van der Waals surface area contributed by atoms with Gasteiger partial charge in [-0.3, -0.25) is 9.59 Å². The van der Waals surface area contributed by atoms with Crippen LogP contribution in [0.5, 0.6) is 0 Å². The third-order valence-electron chi connectivity index (χ3n) is 4.87. The van der Waals surface area contributed by atoms with Crippen LogP contribution in [0.2, 0.25) is 0 Å². The summed E-state index contributed by atoms with van der Waals surface area (Å²) < 4.78 is 11.1. The van der Waals surface area contributed by atoms with Crippen LogP contribution in [0, 0.1) is 0 Å². The highest BCUT2D eigenvalue weighted by molar-refractivity contribution is 5.83. The summed E-state index contributed by atoms with van der Waals surface area (Å²) in [6.45, 7) is 3.52. The van der Waals surface area contributed by atoms with E-state index in [0.29, 0.717) is 12.1 Å². The number of hydrogen-bond donors (Lipinski definition) is 1. The summed E-state index contributed by atoms with van der Waals surface area (Å²) in [5.41, 5.74) is 1.75. The first-order chi connectivity index (χ1) is 15.0. The maximum absolute atomic E-state index is 12.3. The van der Waals surface area contributed by atoms with Gasteiger partial charge in [-0.15, -0.1) is 5.10 Å². The van der Waals surface area contributed by atoms with E-state index in [1.165, 1.54) is 6.92 Å². The molecule has 0 aliphatic carbocycles. The molecule has 1 aromatic heterocycles. The summed E-state index contributed by atoms with van der Waals surface area (Å²) in [5.74, 6) is -1.66. The van der Waals surface area contributed by atoms with Gasteiger partial charge in [-0.05, 0) is 31.0 Å². The van der Waals surface area contributed by atoms with Crippen molar-refractivity contribution in [2.75, 3.05) is 6.54 Å². The molecule has 1 heterocycles. The Balaban J connectivity index is 1.53. The summed E-state index contributed by atoms with van der Waals surface area (Å²) in [5, 5.41) is 6.83. The van der Waals surface area contributed by atoms with Crippen molar-refractivity contribution < 1.29 is 18.7 Å². The van der Waals surface area contributed by atoms with E-state index in [9.17, 15) is 14.4 Å². The fraction of sp³-hybridized carbons (Fsp3) is 0.304. The quantitative estimate of drug-likeness (QED) is 0.531. The second-order valence-corrected chi connectivity index (χ2v) is 7.09. The van der Waals surface area contributed by atoms with E-state index in [2.05, 4.69) is 10.4 Å². The first kappa shape index (κ1) is 22.0. The number of aromatic nitrogens is 2. The average molecular weight is 423 g/mol. The Bertz CT molecular complexity index is 1060.